The molecule has 1 fully saturated rings. The first-order valence-electron chi connectivity index (χ1n) is 7.57. The predicted molar refractivity (Wildman–Crippen MR) is 91.9 cm³/mol. The second kappa shape index (κ2) is 5.86. The molecule has 126 valence electrons. The Morgan fingerprint density at radius 2 is 1.80 bits per heavy atom. The highest BCUT2D eigenvalue weighted by atomic mass is 35.5. The lowest BCUT2D eigenvalue weighted by molar-refractivity contribution is -0.121. The molecule has 2 aliphatic heterocycles. The van der Waals surface area contributed by atoms with Gasteiger partial charge in [-0.3, -0.25) is 9.59 Å². The summed E-state index contributed by atoms with van der Waals surface area (Å²) in [5, 5.41) is 9.95. The molecule has 0 bridgehead atoms. The SMILES string of the molecule is COc1cccc(N2C(=O)[C@H]3N=NN(c4cccc(Cl)c4)[C@H]3C2=O)c1. The summed E-state index contributed by atoms with van der Waals surface area (Å²) in [7, 11) is 1.52. The molecule has 2 aliphatic rings. The number of amides is 2. The maximum atomic E-state index is 12.9. The van der Waals surface area contributed by atoms with Crippen molar-refractivity contribution in [1.29, 1.82) is 0 Å². The van der Waals surface area contributed by atoms with Crippen molar-refractivity contribution in [3.63, 3.8) is 0 Å². The number of halogens is 1. The molecule has 4 rings (SSSR count). The standard InChI is InChI=1S/C17H13ClN4O3/c1-25-13-7-3-5-11(9-13)21-16(23)14-15(17(21)24)22(20-19-14)12-6-2-4-10(18)8-12/h2-9,14-15H,1H3/t14-,15+/m0/s1. The third-order valence-electron chi connectivity index (χ3n) is 4.17. The Balaban J connectivity index is 1.70. The first-order valence-corrected chi connectivity index (χ1v) is 7.95. The highest BCUT2D eigenvalue weighted by molar-refractivity contribution is 6.31. The highest BCUT2D eigenvalue weighted by Crippen LogP contribution is 2.36. The molecule has 2 heterocycles. The smallest absolute Gasteiger partial charge is 0.263 e. The van der Waals surface area contributed by atoms with Gasteiger partial charge in [-0.1, -0.05) is 29.0 Å². The van der Waals surface area contributed by atoms with Gasteiger partial charge in [0.25, 0.3) is 11.8 Å². The van der Waals surface area contributed by atoms with E-state index in [1.807, 2.05) is 0 Å². The van der Waals surface area contributed by atoms with Crippen LogP contribution in [0.2, 0.25) is 5.02 Å². The molecule has 0 N–H and O–H groups in total. The minimum absolute atomic E-state index is 0.381. The van der Waals surface area contributed by atoms with E-state index in [9.17, 15) is 9.59 Å². The number of ether oxygens (including phenoxy) is 1. The molecule has 0 spiro atoms. The molecule has 0 radical (unpaired) electrons. The predicted octanol–water partition coefficient (Wildman–Crippen LogP) is 2.85. The zero-order valence-corrected chi connectivity index (χ0v) is 13.9. The first-order chi connectivity index (χ1) is 12.1. The van der Waals surface area contributed by atoms with Crippen molar-refractivity contribution < 1.29 is 14.3 Å². The van der Waals surface area contributed by atoms with Gasteiger partial charge in [-0.15, -0.1) is 0 Å². The van der Waals surface area contributed by atoms with Crippen LogP contribution in [0.25, 0.3) is 0 Å². The number of rotatable bonds is 3. The van der Waals surface area contributed by atoms with Crippen LogP contribution in [0.1, 0.15) is 0 Å². The number of benzene rings is 2. The van der Waals surface area contributed by atoms with Gasteiger partial charge >= 0.3 is 0 Å². The fraction of sp³-hybridized carbons (Fsp3) is 0.176. The van der Waals surface area contributed by atoms with Crippen LogP contribution >= 0.6 is 11.6 Å². The van der Waals surface area contributed by atoms with Gasteiger partial charge in [-0.25, -0.2) is 9.91 Å². The summed E-state index contributed by atoms with van der Waals surface area (Å²) in [5.41, 5.74) is 1.06. The van der Waals surface area contributed by atoms with Crippen molar-refractivity contribution in [2.45, 2.75) is 12.1 Å². The molecule has 8 heteroatoms. The fourth-order valence-electron chi connectivity index (χ4n) is 3.00. The third kappa shape index (κ3) is 2.44. The highest BCUT2D eigenvalue weighted by Gasteiger charge is 2.55. The number of imide groups is 1. The number of methoxy groups -OCH3 is 1. The summed E-state index contributed by atoms with van der Waals surface area (Å²) in [6.45, 7) is 0. The van der Waals surface area contributed by atoms with Crippen molar-refractivity contribution in [2.75, 3.05) is 17.0 Å². The number of hydrogen-bond donors (Lipinski definition) is 0. The van der Waals surface area contributed by atoms with Gasteiger partial charge in [0, 0.05) is 11.1 Å². The summed E-state index contributed by atoms with van der Waals surface area (Å²) in [4.78, 5) is 26.8. The number of fused-ring (bicyclic) bond motifs is 1. The molecular formula is C17H13ClN4O3. The van der Waals surface area contributed by atoms with Gasteiger partial charge in [-0.2, -0.15) is 5.11 Å². The van der Waals surface area contributed by atoms with Crippen molar-refractivity contribution in [1.82, 2.24) is 0 Å². The van der Waals surface area contributed by atoms with Crippen molar-refractivity contribution in [2.24, 2.45) is 10.3 Å². The number of anilines is 2. The van der Waals surface area contributed by atoms with Crippen LogP contribution < -0.4 is 14.6 Å². The largest absolute Gasteiger partial charge is 0.497 e. The zero-order valence-electron chi connectivity index (χ0n) is 13.2. The number of nitrogens with zero attached hydrogens (tertiary/aromatic N) is 4. The van der Waals surface area contributed by atoms with Crippen LogP contribution in [0.4, 0.5) is 11.4 Å². The van der Waals surface area contributed by atoms with E-state index < -0.39 is 18.0 Å². The van der Waals surface area contributed by atoms with Crippen LogP contribution in [-0.4, -0.2) is 31.0 Å². The maximum Gasteiger partial charge on any atom is 0.263 e. The molecule has 2 amide bonds. The van der Waals surface area contributed by atoms with E-state index in [1.54, 1.807) is 48.5 Å². The second-order valence-electron chi connectivity index (χ2n) is 5.63. The van der Waals surface area contributed by atoms with E-state index >= 15 is 0 Å². The molecule has 7 nitrogen and oxygen atoms in total. The first kappa shape index (κ1) is 15.6. The molecule has 2 atom stereocenters. The van der Waals surface area contributed by atoms with E-state index in [2.05, 4.69) is 10.3 Å². The summed E-state index contributed by atoms with van der Waals surface area (Å²) >= 11 is 6.01. The topological polar surface area (TPSA) is 74.6 Å². The number of hydrogen-bond acceptors (Lipinski definition) is 6. The molecule has 2 aromatic rings. The van der Waals surface area contributed by atoms with Crippen LogP contribution in [-0.2, 0) is 9.59 Å². The Hall–Kier alpha value is -2.93. The molecular weight excluding hydrogens is 344 g/mol. The Kier molecular flexibility index (Phi) is 3.65. The monoisotopic (exact) mass is 356 g/mol. The summed E-state index contributed by atoms with van der Waals surface area (Å²) < 4.78 is 5.17. The minimum atomic E-state index is -0.863. The van der Waals surface area contributed by atoms with E-state index in [1.165, 1.54) is 12.1 Å². The van der Waals surface area contributed by atoms with Crippen molar-refractivity contribution >= 4 is 34.8 Å². The Morgan fingerprint density at radius 1 is 1.04 bits per heavy atom. The number of carbonyl (C=O) groups is 2. The molecule has 0 unspecified atom stereocenters. The lowest BCUT2D eigenvalue weighted by Gasteiger charge is -2.20. The van der Waals surface area contributed by atoms with Gasteiger partial charge in [0.15, 0.2) is 12.1 Å². The van der Waals surface area contributed by atoms with Gasteiger partial charge < -0.3 is 4.74 Å². The van der Waals surface area contributed by atoms with Crippen LogP contribution in [0.5, 0.6) is 5.75 Å². The molecule has 2 aromatic carbocycles. The average molecular weight is 357 g/mol. The Morgan fingerprint density at radius 3 is 2.56 bits per heavy atom. The lowest BCUT2D eigenvalue weighted by atomic mass is 10.1. The number of carbonyl (C=O) groups excluding carboxylic acids is 2. The third-order valence-corrected chi connectivity index (χ3v) is 4.40. The van der Waals surface area contributed by atoms with Crippen LogP contribution in [0, 0.1) is 0 Å². The zero-order chi connectivity index (χ0) is 17.6. The maximum absolute atomic E-state index is 12.9. The summed E-state index contributed by atoms with van der Waals surface area (Å²) in [6, 6.07) is 12.0. The van der Waals surface area contributed by atoms with Crippen molar-refractivity contribution in [3.05, 3.63) is 53.6 Å². The van der Waals surface area contributed by atoms with Gasteiger partial charge in [-0.05, 0) is 30.3 Å². The molecule has 0 aliphatic carbocycles. The lowest BCUT2D eigenvalue weighted by Crippen LogP contribution is -2.39. The molecule has 0 aromatic heterocycles. The van der Waals surface area contributed by atoms with Crippen LogP contribution in [0.3, 0.4) is 0 Å². The van der Waals surface area contributed by atoms with Gasteiger partial charge in [0.05, 0.1) is 18.5 Å². The molecule has 1 saturated heterocycles. The molecule has 0 saturated carbocycles. The van der Waals surface area contributed by atoms with E-state index in [0.717, 1.165) is 4.90 Å². The van der Waals surface area contributed by atoms with Gasteiger partial charge in [0.1, 0.15) is 5.75 Å². The van der Waals surface area contributed by atoms with Gasteiger partial charge in [0.2, 0.25) is 0 Å². The molecule has 25 heavy (non-hydrogen) atoms. The Labute approximate surface area is 148 Å². The minimum Gasteiger partial charge on any atom is -0.497 e. The summed E-state index contributed by atoms with van der Waals surface area (Å²) in [6.07, 6.45) is 0. The Bertz CT molecular complexity index is 901. The average Bonchev–Trinajstić information content (AvgIpc) is 3.16. The van der Waals surface area contributed by atoms with Crippen molar-refractivity contribution in [3.8, 4) is 5.75 Å². The summed E-state index contributed by atoms with van der Waals surface area (Å²) in [5.74, 6) is -0.228. The van der Waals surface area contributed by atoms with E-state index in [4.69, 9.17) is 16.3 Å². The quantitative estimate of drug-likeness (QED) is 0.792. The van der Waals surface area contributed by atoms with E-state index in [0.29, 0.717) is 22.1 Å². The fourth-order valence-corrected chi connectivity index (χ4v) is 3.18. The van der Waals surface area contributed by atoms with E-state index in [-0.39, 0.29) is 5.91 Å². The second-order valence-corrected chi connectivity index (χ2v) is 6.07. The normalized spacial score (nSPS) is 21.8. The van der Waals surface area contributed by atoms with Crippen LogP contribution in [0.15, 0.2) is 58.9 Å².